The summed E-state index contributed by atoms with van der Waals surface area (Å²) in [5.41, 5.74) is 1.62. The molecule has 3 aromatic rings. The molecule has 0 saturated heterocycles. The first kappa shape index (κ1) is 20.6. The van der Waals surface area contributed by atoms with Crippen LogP contribution in [0.1, 0.15) is 11.3 Å². The van der Waals surface area contributed by atoms with E-state index < -0.39 is 5.91 Å². The molecular formula is C21H19N3O3S2. The average molecular weight is 426 g/mol. The van der Waals surface area contributed by atoms with Gasteiger partial charge in [0.1, 0.15) is 16.6 Å². The van der Waals surface area contributed by atoms with Crippen LogP contribution in [0.25, 0.3) is 16.0 Å². The van der Waals surface area contributed by atoms with Crippen molar-refractivity contribution in [1.82, 2.24) is 10.3 Å². The highest BCUT2D eigenvalue weighted by Gasteiger charge is 2.11. The van der Waals surface area contributed by atoms with E-state index in [0.29, 0.717) is 30.2 Å². The van der Waals surface area contributed by atoms with Gasteiger partial charge in [0.15, 0.2) is 11.5 Å². The van der Waals surface area contributed by atoms with Crippen LogP contribution in [-0.4, -0.2) is 31.7 Å². The van der Waals surface area contributed by atoms with Gasteiger partial charge in [0, 0.05) is 11.9 Å². The molecular weight excluding hydrogens is 406 g/mol. The van der Waals surface area contributed by atoms with Crippen LogP contribution in [0.15, 0.2) is 46.7 Å². The number of nitrogens with zero attached hydrogens (tertiary/aromatic N) is 2. The summed E-state index contributed by atoms with van der Waals surface area (Å²) in [7, 11) is 3.16. The predicted molar refractivity (Wildman–Crippen MR) is 115 cm³/mol. The Bertz CT molecular complexity index is 1050. The predicted octanol–water partition coefficient (Wildman–Crippen LogP) is 4.15. The zero-order chi connectivity index (χ0) is 20.6. The van der Waals surface area contributed by atoms with Gasteiger partial charge < -0.3 is 14.8 Å². The number of carbonyl (C=O) groups excluding carboxylic acids is 1. The lowest BCUT2D eigenvalue weighted by Crippen LogP contribution is -2.26. The van der Waals surface area contributed by atoms with E-state index in [1.165, 1.54) is 17.4 Å². The third kappa shape index (κ3) is 5.22. The highest BCUT2D eigenvalue weighted by Crippen LogP contribution is 2.29. The van der Waals surface area contributed by atoms with Crippen molar-refractivity contribution < 1.29 is 14.3 Å². The van der Waals surface area contributed by atoms with E-state index in [1.807, 2.05) is 47.2 Å². The van der Waals surface area contributed by atoms with Crippen molar-refractivity contribution in [1.29, 1.82) is 5.26 Å². The number of ether oxygens (including phenoxy) is 2. The minimum atomic E-state index is -0.418. The van der Waals surface area contributed by atoms with Crippen molar-refractivity contribution in [3.63, 3.8) is 0 Å². The van der Waals surface area contributed by atoms with Crippen LogP contribution < -0.4 is 14.8 Å². The summed E-state index contributed by atoms with van der Waals surface area (Å²) in [6.07, 6.45) is 2.11. The number of hydrogen-bond acceptors (Lipinski definition) is 7. The molecule has 0 aliphatic rings. The van der Waals surface area contributed by atoms with E-state index >= 15 is 0 Å². The molecule has 0 bridgehead atoms. The largest absolute Gasteiger partial charge is 0.493 e. The summed E-state index contributed by atoms with van der Waals surface area (Å²) in [6.45, 7) is 0.394. The summed E-state index contributed by atoms with van der Waals surface area (Å²) in [5.74, 6) is 0.873. The van der Waals surface area contributed by atoms with Crippen molar-refractivity contribution in [3.8, 4) is 27.5 Å². The van der Waals surface area contributed by atoms with Gasteiger partial charge in [0.2, 0.25) is 0 Å². The second-order valence-corrected chi connectivity index (χ2v) is 7.73. The Morgan fingerprint density at radius 1 is 1.24 bits per heavy atom. The Morgan fingerprint density at radius 2 is 2.07 bits per heavy atom. The van der Waals surface area contributed by atoms with Crippen molar-refractivity contribution in [2.24, 2.45) is 0 Å². The maximum Gasteiger partial charge on any atom is 0.262 e. The summed E-state index contributed by atoms with van der Waals surface area (Å²) in [5, 5.41) is 16.8. The molecule has 1 amide bonds. The lowest BCUT2D eigenvalue weighted by Gasteiger charge is -2.10. The molecule has 0 atom stereocenters. The van der Waals surface area contributed by atoms with E-state index in [1.54, 1.807) is 25.6 Å². The number of methoxy groups -OCH3 is 2. The molecule has 0 spiro atoms. The van der Waals surface area contributed by atoms with Gasteiger partial charge in [-0.15, -0.1) is 22.7 Å². The molecule has 29 heavy (non-hydrogen) atoms. The van der Waals surface area contributed by atoms with E-state index in [2.05, 4.69) is 10.3 Å². The van der Waals surface area contributed by atoms with Gasteiger partial charge in [-0.25, -0.2) is 4.98 Å². The molecule has 2 heterocycles. The zero-order valence-corrected chi connectivity index (χ0v) is 17.6. The normalized spacial score (nSPS) is 11.0. The van der Waals surface area contributed by atoms with Crippen LogP contribution in [0.3, 0.4) is 0 Å². The van der Waals surface area contributed by atoms with Crippen LogP contribution >= 0.6 is 22.7 Å². The van der Waals surface area contributed by atoms with E-state index in [9.17, 15) is 10.1 Å². The van der Waals surface area contributed by atoms with Crippen LogP contribution in [0.4, 0.5) is 0 Å². The fraction of sp³-hybridized carbons (Fsp3) is 0.190. The highest BCUT2D eigenvalue weighted by atomic mass is 32.1. The molecule has 0 fully saturated rings. The molecule has 2 aromatic heterocycles. The maximum atomic E-state index is 12.4. The lowest BCUT2D eigenvalue weighted by atomic mass is 10.1. The second-order valence-electron chi connectivity index (χ2n) is 5.92. The number of rotatable bonds is 8. The van der Waals surface area contributed by atoms with Gasteiger partial charge in [0.25, 0.3) is 5.91 Å². The first-order valence-electron chi connectivity index (χ1n) is 8.75. The quantitative estimate of drug-likeness (QED) is 0.433. The van der Waals surface area contributed by atoms with E-state index in [-0.39, 0.29) is 5.57 Å². The molecule has 0 aliphatic carbocycles. The molecule has 0 aliphatic heterocycles. The fourth-order valence-corrected chi connectivity index (χ4v) is 4.21. The SMILES string of the molecule is COc1ccc(CCNC(=O)/C(C#N)=C\c2csc(-c3cccs3)n2)cc1OC. The number of nitriles is 1. The number of aromatic nitrogens is 1. The monoisotopic (exact) mass is 425 g/mol. The summed E-state index contributed by atoms with van der Waals surface area (Å²) < 4.78 is 10.5. The van der Waals surface area contributed by atoms with Crippen LogP contribution in [-0.2, 0) is 11.2 Å². The molecule has 148 valence electrons. The smallest absolute Gasteiger partial charge is 0.262 e. The van der Waals surface area contributed by atoms with Gasteiger partial charge in [0.05, 0.1) is 24.8 Å². The summed E-state index contributed by atoms with van der Waals surface area (Å²) >= 11 is 3.08. The molecule has 8 heteroatoms. The third-order valence-corrected chi connectivity index (χ3v) is 5.96. The van der Waals surface area contributed by atoms with Gasteiger partial charge in [-0.2, -0.15) is 5.26 Å². The number of hydrogen-bond donors (Lipinski definition) is 1. The Balaban J connectivity index is 1.60. The molecule has 0 saturated carbocycles. The van der Waals surface area contributed by atoms with Gasteiger partial charge >= 0.3 is 0 Å². The van der Waals surface area contributed by atoms with Gasteiger partial charge in [-0.05, 0) is 41.6 Å². The van der Waals surface area contributed by atoms with E-state index in [4.69, 9.17) is 9.47 Å². The molecule has 0 unspecified atom stereocenters. The molecule has 1 aromatic carbocycles. The highest BCUT2D eigenvalue weighted by molar-refractivity contribution is 7.20. The van der Waals surface area contributed by atoms with Crippen LogP contribution in [0.2, 0.25) is 0 Å². The Morgan fingerprint density at radius 3 is 2.76 bits per heavy atom. The molecule has 0 radical (unpaired) electrons. The Labute approximate surface area is 177 Å². The number of nitrogens with one attached hydrogen (secondary N) is 1. The number of benzene rings is 1. The number of thiazole rings is 1. The Hall–Kier alpha value is -3.15. The van der Waals surface area contributed by atoms with Gasteiger partial charge in [-0.1, -0.05) is 12.1 Å². The number of thiophene rings is 1. The Kier molecular flexibility index (Phi) is 7.00. The standard InChI is InChI=1S/C21H19N3O3S2/c1-26-17-6-5-14(10-18(17)27-2)7-8-23-20(25)15(12-22)11-16-13-29-21(24-16)19-4-3-9-28-19/h3-6,9-11,13H,7-8H2,1-2H3,(H,23,25)/b15-11-. The van der Waals surface area contributed by atoms with Crippen molar-refractivity contribution >= 4 is 34.7 Å². The summed E-state index contributed by atoms with van der Waals surface area (Å²) in [6, 6.07) is 11.5. The topological polar surface area (TPSA) is 84.2 Å². The van der Waals surface area contributed by atoms with Gasteiger partial charge in [-0.3, -0.25) is 4.79 Å². The molecule has 6 nitrogen and oxygen atoms in total. The number of carbonyl (C=O) groups is 1. The van der Waals surface area contributed by atoms with E-state index in [0.717, 1.165) is 15.4 Å². The van der Waals surface area contributed by atoms with Crippen LogP contribution in [0, 0.1) is 11.3 Å². The van der Waals surface area contributed by atoms with Crippen molar-refractivity contribution in [2.75, 3.05) is 20.8 Å². The zero-order valence-electron chi connectivity index (χ0n) is 16.0. The van der Waals surface area contributed by atoms with Crippen molar-refractivity contribution in [2.45, 2.75) is 6.42 Å². The average Bonchev–Trinajstić information content (AvgIpc) is 3.43. The van der Waals surface area contributed by atoms with Crippen LogP contribution in [0.5, 0.6) is 11.5 Å². The second kappa shape index (κ2) is 9.87. The molecule has 1 N–H and O–H groups in total. The number of amides is 1. The third-order valence-electron chi connectivity index (χ3n) is 4.06. The van der Waals surface area contributed by atoms with Crippen molar-refractivity contribution in [3.05, 3.63) is 57.9 Å². The minimum absolute atomic E-state index is 0.0281. The first-order valence-corrected chi connectivity index (χ1v) is 10.5. The maximum absolute atomic E-state index is 12.4. The first-order chi connectivity index (χ1) is 14.1. The fourth-order valence-electron chi connectivity index (χ4n) is 2.61. The minimum Gasteiger partial charge on any atom is -0.493 e. The summed E-state index contributed by atoms with van der Waals surface area (Å²) in [4.78, 5) is 17.9. The lowest BCUT2D eigenvalue weighted by molar-refractivity contribution is -0.117. The molecule has 3 rings (SSSR count).